The summed E-state index contributed by atoms with van der Waals surface area (Å²) in [4.78, 5) is 23.5. The van der Waals surface area contributed by atoms with Crippen molar-refractivity contribution in [3.05, 3.63) is 88.4 Å². The second kappa shape index (κ2) is 11.9. The van der Waals surface area contributed by atoms with E-state index in [0.29, 0.717) is 40.0 Å². The smallest absolute Gasteiger partial charge is 0.296 e. The lowest BCUT2D eigenvalue weighted by molar-refractivity contribution is 0.0580. The molecule has 8 heteroatoms. The number of carbonyl (C=O) groups excluding carboxylic acids is 1. The number of hydrogen-bond acceptors (Lipinski definition) is 6. The van der Waals surface area contributed by atoms with Crippen LogP contribution in [0.1, 0.15) is 53.6 Å². The van der Waals surface area contributed by atoms with Crippen LogP contribution >= 0.6 is 11.6 Å². The number of oxazole rings is 1. The van der Waals surface area contributed by atoms with Crippen molar-refractivity contribution in [3.63, 3.8) is 0 Å². The number of nitrogens with zero attached hydrogens (tertiary/aromatic N) is 3. The molecule has 2 heterocycles. The standard InChI is InChI=1S/C32H35ClN4O3/c1-39-29-18-24(17-28-30(29)40-32(35-28)34-19-23-10-7-11-25(33)16-23)31(38)37(26-12-5-6-13-26)27-14-15-36(21-27)20-22-8-3-2-4-9-22/h2-4,7-11,16-18,26-27H,5-6,12-15,19-21H2,1H3,(H,34,35). The Balaban J connectivity index is 1.23. The van der Waals surface area contributed by atoms with Crippen LogP contribution in [-0.2, 0) is 13.1 Å². The molecular weight excluding hydrogens is 524 g/mol. The molecule has 1 saturated heterocycles. The molecule has 0 bridgehead atoms. The number of benzene rings is 3. The van der Waals surface area contributed by atoms with Crippen LogP contribution in [0.5, 0.6) is 5.75 Å². The van der Waals surface area contributed by atoms with Gasteiger partial charge in [-0.1, -0.05) is 66.9 Å². The SMILES string of the molecule is COc1cc(C(=O)N(C2CCCC2)C2CCN(Cc3ccccc3)C2)cc2nc(NCc3cccc(Cl)c3)oc12. The summed E-state index contributed by atoms with van der Waals surface area (Å²) < 4.78 is 11.7. The summed E-state index contributed by atoms with van der Waals surface area (Å²) in [6, 6.07) is 22.7. The molecule has 208 valence electrons. The normalized spacial score (nSPS) is 17.9. The summed E-state index contributed by atoms with van der Waals surface area (Å²) >= 11 is 6.12. The first-order valence-corrected chi connectivity index (χ1v) is 14.5. The number of anilines is 1. The van der Waals surface area contributed by atoms with Gasteiger partial charge in [-0.25, -0.2) is 0 Å². The van der Waals surface area contributed by atoms with E-state index in [1.165, 1.54) is 18.4 Å². The Morgan fingerprint density at radius 1 is 1.05 bits per heavy atom. The molecule has 3 aromatic carbocycles. The summed E-state index contributed by atoms with van der Waals surface area (Å²) in [6.45, 7) is 3.30. The minimum Gasteiger partial charge on any atom is -0.493 e. The lowest BCUT2D eigenvalue weighted by Gasteiger charge is -2.35. The van der Waals surface area contributed by atoms with Gasteiger partial charge in [-0.2, -0.15) is 4.98 Å². The molecule has 1 unspecified atom stereocenters. The number of fused-ring (bicyclic) bond motifs is 1. The highest BCUT2D eigenvalue weighted by atomic mass is 35.5. The molecule has 7 nitrogen and oxygen atoms in total. The summed E-state index contributed by atoms with van der Waals surface area (Å²) in [6.07, 6.45) is 5.43. The van der Waals surface area contributed by atoms with Crippen molar-refractivity contribution in [2.45, 2.75) is 57.3 Å². The molecule has 0 radical (unpaired) electrons. The number of rotatable bonds is 9. The highest BCUT2D eigenvalue weighted by Crippen LogP contribution is 2.34. The minimum absolute atomic E-state index is 0.0510. The zero-order valence-corrected chi connectivity index (χ0v) is 23.6. The number of hydrogen-bond donors (Lipinski definition) is 1. The monoisotopic (exact) mass is 558 g/mol. The summed E-state index contributed by atoms with van der Waals surface area (Å²) in [5, 5.41) is 3.90. The Bertz CT molecular complexity index is 1470. The topological polar surface area (TPSA) is 70.8 Å². The summed E-state index contributed by atoms with van der Waals surface area (Å²) in [5.41, 5.74) is 4.03. The van der Waals surface area contributed by atoms with Gasteiger partial charge in [0.15, 0.2) is 11.3 Å². The fraction of sp³-hybridized carbons (Fsp3) is 0.375. The van der Waals surface area contributed by atoms with Crippen molar-refractivity contribution < 1.29 is 13.9 Å². The van der Waals surface area contributed by atoms with Crippen molar-refractivity contribution in [2.24, 2.45) is 0 Å². The molecule has 1 saturated carbocycles. The predicted octanol–water partition coefficient (Wildman–Crippen LogP) is 6.76. The molecule has 1 atom stereocenters. The quantitative estimate of drug-likeness (QED) is 0.245. The van der Waals surface area contributed by atoms with E-state index in [4.69, 9.17) is 20.8 Å². The lowest BCUT2D eigenvalue weighted by atomic mass is 10.1. The molecule has 2 fully saturated rings. The lowest BCUT2D eigenvalue weighted by Crippen LogP contribution is -2.47. The Morgan fingerprint density at radius 2 is 1.85 bits per heavy atom. The van der Waals surface area contributed by atoms with Gasteiger partial charge in [-0.15, -0.1) is 0 Å². The highest BCUT2D eigenvalue weighted by molar-refractivity contribution is 6.30. The average molecular weight is 559 g/mol. The number of methoxy groups -OCH3 is 1. The van der Waals surface area contributed by atoms with E-state index in [9.17, 15) is 4.79 Å². The molecule has 1 aliphatic carbocycles. The molecule has 1 aliphatic heterocycles. The number of likely N-dealkylation sites (tertiary alicyclic amines) is 1. The van der Waals surface area contributed by atoms with Crippen LogP contribution in [0.2, 0.25) is 5.02 Å². The second-order valence-corrected chi connectivity index (χ2v) is 11.3. The van der Waals surface area contributed by atoms with Crippen LogP contribution < -0.4 is 10.1 Å². The molecular formula is C32H35ClN4O3. The first-order chi connectivity index (χ1) is 19.6. The molecule has 1 N–H and O–H groups in total. The Hall–Kier alpha value is -3.55. The third-order valence-corrected chi connectivity index (χ3v) is 8.33. The maximum Gasteiger partial charge on any atom is 0.296 e. The van der Waals surface area contributed by atoms with E-state index in [1.54, 1.807) is 13.2 Å². The number of halogens is 1. The van der Waals surface area contributed by atoms with Gasteiger partial charge >= 0.3 is 0 Å². The van der Waals surface area contributed by atoms with Gasteiger partial charge in [-0.3, -0.25) is 9.69 Å². The van der Waals surface area contributed by atoms with Crippen LogP contribution in [0, 0.1) is 0 Å². The number of amides is 1. The zero-order valence-electron chi connectivity index (χ0n) is 22.8. The van der Waals surface area contributed by atoms with Gasteiger partial charge in [0.05, 0.1) is 7.11 Å². The molecule has 4 aromatic rings. The molecule has 2 aliphatic rings. The van der Waals surface area contributed by atoms with Gasteiger partial charge < -0.3 is 19.4 Å². The van der Waals surface area contributed by atoms with Crippen molar-refractivity contribution >= 4 is 34.6 Å². The maximum atomic E-state index is 14.2. The Morgan fingerprint density at radius 3 is 2.62 bits per heavy atom. The second-order valence-electron chi connectivity index (χ2n) is 10.8. The van der Waals surface area contributed by atoms with Crippen molar-refractivity contribution in [1.82, 2.24) is 14.8 Å². The van der Waals surface area contributed by atoms with Gasteiger partial charge in [0, 0.05) is 48.8 Å². The number of ether oxygens (including phenoxy) is 1. The third kappa shape index (κ3) is 5.81. The van der Waals surface area contributed by atoms with E-state index in [2.05, 4.69) is 50.4 Å². The summed E-state index contributed by atoms with van der Waals surface area (Å²) in [5.74, 6) is 0.558. The molecule has 1 aromatic heterocycles. The number of aromatic nitrogens is 1. The largest absolute Gasteiger partial charge is 0.493 e. The van der Waals surface area contributed by atoms with Crippen molar-refractivity contribution in [1.29, 1.82) is 0 Å². The minimum atomic E-state index is 0.0510. The highest BCUT2D eigenvalue weighted by Gasteiger charge is 2.37. The van der Waals surface area contributed by atoms with Gasteiger partial charge in [0.25, 0.3) is 11.9 Å². The van der Waals surface area contributed by atoms with E-state index in [1.807, 2.05) is 30.3 Å². The zero-order chi connectivity index (χ0) is 27.5. The van der Waals surface area contributed by atoms with Crippen molar-refractivity contribution in [2.75, 3.05) is 25.5 Å². The Kier molecular flexibility index (Phi) is 7.93. The number of carbonyl (C=O) groups is 1. The van der Waals surface area contributed by atoms with E-state index in [0.717, 1.165) is 44.5 Å². The van der Waals surface area contributed by atoms with Gasteiger partial charge in [0.2, 0.25) is 0 Å². The van der Waals surface area contributed by atoms with Crippen LogP contribution in [0.3, 0.4) is 0 Å². The molecule has 6 rings (SSSR count). The fourth-order valence-corrected chi connectivity index (χ4v) is 6.38. The van der Waals surface area contributed by atoms with Gasteiger partial charge in [-0.05, 0) is 54.7 Å². The first kappa shape index (κ1) is 26.7. The van der Waals surface area contributed by atoms with Crippen LogP contribution in [0.15, 0.2) is 71.1 Å². The maximum absolute atomic E-state index is 14.2. The number of nitrogens with one attached hydrogen (secondary N) is 1. The van der Waals surface area contributed by atoms with Gasteiger partial charge in [0.1, 0.15) is 5.52 Å². The molecule has 40 heavy (non-hydrogen) atoms. The summed E-state index contributed by atoms with van der Waals surface area (Å²) in [7, 11) is 1.60. The average Bonchev–Trinajstić information content (AvgIpc) is 3.74. The van der Waals surface area contributed by atoms with Crippen LogP contribution in [0.25, 0.3) is 11.1 Å². The molecule has 1 amide bonds. The fourth-order valence-electron chi connectivity index (χ4n) is 6.16. The van der Waals surface area contributed by atoms with E-state index in [-0.39, 0.29) is 18.0 Å². The van der Waals surface area contributed by atoms with E-state index >= 15 is 0 Å². The molecule has 0 spiro atoms. The Labute approximate surface area is 240 Å². The van der Waals surface area contributed by atoms with Crippen molar-refractivity contribution in [3.8, 4) is 5.75 Å². The van der Waals surface area contributed by atoms with Crippen LogP contribution in [0.4, 0.5) is 6.01 Å². The first-order valence-electron chi connectivity index (χ1n) is 14.1. The van der Waals surface area contributed by atoms with Crippen LogP contribution in [-0.4, -0.2) is 53.0 Å². The van der Waals surface area contributed by atoms with E-state index < -0.39 is 0 Å². The predicted molar refractivity (Wildman–Crippen MR) is 158 cm³/mol. The third-order valence-electron chi connectivity index (χ3n) is 8.10.